The lowest BCUT2D eigenvalue weighted by atomic mass is 10.3. The normalized spacial score (nSPS) is 12.1. The molecule has 6 nitrogen and oxygen atoms in total. The van der Waals surface area contributed by atoms with Crippen LogP contribution in [0.5, 0.6) is 0 Å². The van der Waals surface area contributed by atoms with Gasteiger partial charge in [0.25, 0.3) is 0 Å². The Morgan fingerprint density at radius 3 is 2.96 bits per heavy atom. The molecule has 8 heteroatoms. The van der Waals surface area contributed by atoms with Crippen LogP contribution in [-0.2, 0) is 4.79 Å². The van der Waals surface area contributed by atoms with Gasteiger partial charge >= 0.3 is 0 Å². The van der Waals surface area contributed by atoms with E-state index in [1.165, 1.54) is 11.8 Å². The van der Waals surface area contributed by atoms with Gasteiger partial charge in [-0.1, -0.05) is 34.6 Å². The molecule has 1 unspecified atom stereocenters. The van der Waals surface area contributed by atoms with Crippen LogP contribution in [-0.4, -0.2) is 25.9 Å². The first-order chi connectivity index (χ1) is 11.5. The first-order valence-electron chi connectivity index (χ1n) is 7.23. The van der Waals surface area contributed by atoms with Gasteiger partial charge < -0.3 is 9.84 Å². The second-order valence-electron chi connectivity index (χ2n) is 5.13. The standard InChI is InChI=1S/C16H15ClN4O2S/c1-10-8-14(20-23-10)19-15(22)11(2)24-16-18-6-7-21(16)13-5-3-4-12(17)9-13/h3-9,11H,1-2H3,(H,19,20,22). The summed E-state index contributed by atoms with van der Waals surface area (Å²) in [6.45, 7) is 3.58. The summed E-state index contributed by atoms with van der Waals surface area (Å²) in [6.07, 6.45) is 3.52. The fourth-order valence-electron chi connectivity index (χ4n) is 2.06. The molecule has 1 N–H and O–H groups in total. The number of carbonyl (C=O) groups is 1. The van der Waals surface area contributed by atoms with Crippen LogP contribution in [0.3, 0.4) is 0 Å². The molecule has 0 saturated carbocycles. The molecular formula is C16H15ClN4O2S. The summed E-state index contributed by atoms with van der Waals surface area (Å²) in [4.78, 5) is 16.6. The number of anilines is 1. The fourth-order valence-corrected chi connectivity index (χ4v) is 3.13. The number of thioether (sulfide) groups is 1. The molecule has 124 valence electrons. The number of imidazole rings is 1. The third-order valence-corrected chi connectivity index (χ3v) is 4.54. The molecule has 3 rings (SSSR count). The second kappa shape index (κ2) is 7.11. The number of halogens is 1. The van der Waals surface area contributed by atoms with Crippen molar-refractivity contribution < 1.29 is 9.32 Å². The highest BCUT2D eigenvalue weighted by Gasteiger charge is 2.19. The van der Waals surface area contributed by atoms with Gasteiger partial charge in [-0.25, -0.2) is 4.98 Å². The zero-order valence-electron chi connectivity index (χ0n) is 13.1. The number of carbonyl (C=O) groups excluding carboxylic acids is 1. The van der Waals surface area contributed by atoms with Gasteiger partial charge in [0.2, 0.25) is 5.91 Å². The van der Waals surface area contributed by atoms with Gasteiger partial charge in [0.15, 0.2) is 11.0 Å². The summed E-state index contributed by atoms with van der Waals surface area (Å²) in [5.74, 6) is 0.874. The van der Waals surface area contributed by atoms with E-state index in [1.807, 2.05) is 42.0 Å². The number of hydrogen-bond donors (Lipinski definition) is 1. The van der Waals surface area contributed by atoms with E-state index in [4.69, 9.17) is 16.1 Å². The van der Waals surface area contributed by atoms with Crippen molar-refractivity contribution in [2.75, 3.05) is 5.32 Å². The predicted octanol–water partition coefficient (Wildman–Crippen LogP) is 3.94. The number of amides is 1. The molecule has 0 aliphatic rings. The van der Waals surface area contributed by atoms with Crippen molar-refractivity contribution in [2.45, 2.75) is 24.3 Å². The summed E-state index contributed by atoms with van der Waals surface area (Å²) >= 11 is 7.39. The molecule has 0 spiro atoms. The fraction of sp³-hybridized carbons (Fsp3) is 0.188. The molecule has 0 aliphatic heterocycles. The number of hydrogen-bond acceptors (Lipinski definition) is 5. The van der Waals surface area contributed by atoms with Crippen LogP contribution in [0.25, 0.3) is 5.69 Å². The van der Waals surface area contributed by atoms with E-state index in [9.17, 15) is 4.79 Å². The van der Waals surface area contributed by atoms with Crippen molar-refractivity contribution in [1.82, 2.24) is 14.7 Å². The molecule has 2 aromatic heterocycles. The Kier molecular flexibility index (Phi) is 4.92. The van der Waals surface area contributed by atoms with Gasteiger partial charge in [-0.2, -0.15) is 0 Å². The van der Waals surface area contributed by atoms with E-state index < -0.39 is 0 Å². The van der Waals surface area contributed by atoms with Crippen LogP contribution in [0.4, 0.5) is 5.82 Å². The molecule has 1 amide bonds. The first kappa shape index (κ1) is 16.6. The molecular weight excluding hydrogens is 348 g/mol. The monoisotopic (exact) mass is 362 g/mol. The van der Waals surface area contributed by atoms with Gasteiger partial charge in [-0.15, -0.1) is 0 Å². The number of aromatic nitrogens is 3. The highest BCUT2D eigenvalue weighted by molar-refractivity contribution is 8.00. The number of aryl methyl sites for hydroxylation is 1. The predicted molar refractivity (Wildman–Crippen MR) is 93.8 cm³/mol. The maximum absolute atomic E-state index is 12.3. The Morgan fingerprint density at radius 2 is 2.25 bits per heavy atom. The van der Waals surface area contributed by atoms with Crippen molar-refractivity contribution in [3.63, 3.8) is 0 Å². The van der Waals surface area contributed by atoms with Crippen LogP contribution in [0.15, 0.2) is 52.4 Å². The number of nitrogens with zero attached hydrogens (tertiary/aromatic N) is 3. The molecule has 0 radical (unpaired) electrons. The van der Waals surface area contributed by atoms with Crippen LogP contribution < -0.4 is 5.32 Å². The summed E-state index contributed by atoms with van der Waals surface area (Å²) in [6, 6.07) is 9.12. The highest BCUT2D eigenvalue weighted by Crippen LogP contribution is 2.26. The van der Waals surface area contributed by atoms with Gasteiger partial charge in [-0.05, 0) is 32.0 Å². The average molecular weight is 363 g/mol. The van der Waals surface area contributed by atoms with Crippen molar-refractivity contribution in [2.24, 2.45) is 0 Å². The molecule has 0 aliphatic carbocycles. The zero-order chi connectivity index (χ0) is 17.1. The first-order valence-corrected chi connectivity index (χ1v) is 8.49. The molecule has 2 heterocycles. The van der Waals surface area contributed by atoms with Gasteiger partial charge in [0.1, 0.15) is 5.76 Å². The second-order valence-corrected chi connectivity index (χ2v) is 6.88. The quantitative estimate of drug-likeness (QED) is 0.696. The minimum Gasteiger partial charge on any atom is -0.360 e. The Labute approximate surface area is 148 Å². The maximum atomic E-state index is 12.3. The van der Waals surface area contributed by atoms with E-state index in [2.05, 4.69) is 15.5 Å². The molecule has 24 heavy (non-hydrogen) atoms. The highest BCUT2D eigenvalue weighted by atomic mass is 35.5. The van der Waals surface area contributed by atoms with Gasteiger partial charge in [0.05, 0.1) is 5.25 Å². The maximum Gasteiger partial charge on any atom is 0.238 e. The molecule has 1 aromatic carbocycles. The third kappa shape index (κ3) is 3.80. The van der Waals surface area contributed by atoms with Crippen molar-refractivity contribution in [3.8, 4) is 5.69 Å². The molecule has 0 fully saturated rings. The van der Waals surface area contributed by atoms with Crippen LogP contribution in [0, 0.1) is 6.92 Å². The van der Waals surface area contributed by atoms with E-state index in [-0.39, 0.29) is 11.2 Å². The van der Waals surface area contributed by atoms with Crippen molar-refractivity contribution in [1.29, 1.82) is 0 Å². The lowest BCUT2D eigenvalue weighted by Gasteiger charge is -2.12. The van der Waals surface area contributed by atoms with Crippen molar-refractivity contribution in [3.05, 3.63) is 53.5 Å². The summed E-state index contributed by atoms with van der Waals surface area (Å²) in [5.41, 5.74) is 0.891. The topological polar surface area (TPSA) is 73.0 Å². The van der Waals surface area contributed by atoms with Crippen LogP contribution >= 0.6 is 23.4 Å². The zero-order valence-corrected chi connectivity index (χ0v) is 14.6. The Balaban J connectivity index is 1.72. The largest absolute Gasteiger partial charge is 0.360 e. The van der Waals surface area contributed by atoms with Gasteiger partial charge in [-0.3, -0.25) is 9.36 Å². The third-order valence-electron chi connectivity index (χ3n) is 3.22. The number of benzene rings is 1. The average Bonchev–Trinajstić information content (AvgIpc) is 3.16. The van der Waals surface area contributed by atoms with Crippen LogP contribution in [0.1, 0.15) is 12.7 Å². The minimum absolute atomic E-state index is 0.172. The minimum atomic E-state index is -0.359. The molecule has 0 bridgehead atoms. The van der Waals surface area contributed by atoms with Gasteiger partial charge in [0, 0.05) is 29.2 Å². The lowest BCUT2D eigenvalue weighted by molar-refractivity contribution is -0.115. The molecule has 3 aromatic rings. The molecule has 0 saturated heterocycles. The smallest absolute Gasteiger partial charge is 0.238 e. The Bertz CT molecular complexity index is 861. The summed E-state index contributed by atoms with van der Waals surface area (Å²) in [7, 11) is 0. The van der Waals surface area contributed by atoms with Crippen molar-refractivity contribution >= 4 is 35.1 Å². The van der Waals surface area contributed by atoms with Crippen LogP contribution in [0.2, 0.25) is 5.02 Å². The molecule has 1 atom stereocenters. The van der Waals surface area contributed by atoms with E-state index >= 15 is 0 Å². The Morgan fingerprint density at radius 1 is 1.42 bits per heavy atom. The number of nitrogens with one attached hydrogen (secondary N) is 1. The van der Waals surface area contributed by atoms with E-state index in [0.29, 0.717) is 21.8 Å². The summed E-state index contributed by atoms with van der Waals surface area (Å²) in [5, 5.41) is 7.47. The summed E-state index contributed by atoms with van der Waals surface area (Å²) < 4.78 is 6.83. The number of rotatable bonds is 5. The Hall–Kier alpha value is -2.25. The van der Waals surface area contributed by atoms with E-state index in [0.717, 1.165) is 5.69 Å². The van der Waals surface area contributed by atoms with E-state index in [1.54, 1.807) is 19.2 Å². The lowest BCUT2D eigenvalue weighted by Crippen LogP contribution is -2.23. The SMILES string of the molecule is Cc1cc(NC(=O)C(C)Sc2nccn2-c2cccc(Cl)c2)no1.